The third kappa shape index (κ3) is 3.97. The van der Waals surface area contributed by atoms with E-state index in [0.717, 1.165) is 25.3 Å². The van der Waals surface area contributed by atoms with Crippen molar-refractivity contribution < 1.29 is 4.74 Å². The third-order valence-electron chi connectivity index (χ3n) is 4.73. The monoisotopic (exact) mass is 290 g/mol. The Morgan fingerprint density at radius 2 is 2.19 bits per heavy atom. The lowest BCUT2D eigenvalue weighted by Crippen LogP contribution is -2.34. The van der Waals surface area contributed by atoms with Gasteiger partial charge in [-0.05, 0) is 48.8 Å². The van der Waals surface area contributed by atoms with Gasteiger partial charge in [0.05, 0.1) is 12.8 Å². The van der Waals surface area contributed by atoms with E-state index in [-0.39, 0.29) is 0 Å². The molecular weight excluding hydrogens is 260 g/mol. The average molecular weight is 290 g/mol. The van der Waals surface area contributed by atoms with Gasteiger partial charge in [-0.3, -0.25) is 4.98 Å². The number of ether oxygens (including phenoxy) is 1. The van der Waals surface area contributed by atoms with E-state index in [9.17, 15) is 0 Å². The summed E-state index contributed by atoms with van der Waals surface area (Å²) in [4.78, 5) is 4.39. The molecule has 0 aliphatic heterocycles. The highest BCUT2D eigenvalue weighted by atomic mass is 16.5. The van der Waals surface area contributed by atoms with Crippen LogP contribution in [0.4, 0.5) is 0 Å². The molecule has 0 spiro atoms. The molecule has 0 saturated heterocycles. The van der Waals surface area contributed by atoms with Crippen LogP contribution >= 0.6 is 0 Å². The number of nitrogens with one attached hydrogen (secondary N) is 1. The maximum Gasteiger partial charge on any atom is 0.137 e. The molecule has 1 aliphatic carbocycles. The zero-order valence-corrected chi connectivity index (χ0v) is 14.0. The molecule has 0 radical (unpaired) electrons. The predicted octanol–water partition coefficient (Wildman–Crippen LogP) is 4.35. The van der Waals surface area contributed by atoms with Crippen molar-refractivity contribution in [2.24, 2.45) is 11.3 Å². The highest BCUT2D eigenvalue weighted by molar-refractivity contribution is 5.27. The Balaban J connectivity index is 2.21. The van der Waals surface area contributed by atoms with Gasteiger partial charge < -0.3 is 10.1 Å². The molecule has 21 heavy (non-hydrogen) atoms. The molecule has 1 fully saturated rings. The number of aromatic nitrogens is 1. The molecule has 0 bridgehead atoms. The molecule has 2 rings (SSSR count). The summed E-state index contributed by atoms with van der Waals surface area (Å²) in [7, 11) is 0. The lowest BCUT2D eigenvalue weighted by atomic mass is 9.75. The second-order valence-electron chi connectivity index (χ2n) is 6.83. The van der Waals surface area contributed by atoms with Gasteiger partial charge in [0.15, 0.2) is 0 Å². The van der Waals surface area contributed by atoms with Crippen molar-refractivity contribution in [1.82, 2.24) is 10.3 Å². The maximum absolute atomic E-state index is 5.75. The largest absolute Gasteiger partial charge is 0.492 e. The van der Waals surface area contributed by atoms with Crippen molar-refractivity contribution in [2.45, 2.75) is 59.4 Å². The van der Waals surface area contributed by atoms with Crippen molar-refractivity contribution in [3.8, 4) is 5.75 Å². The fourth-order valence-electron chi connectivity index (χ4n) is 3.59. The van der Waals surface area contributed by atoms with Gasteiger partial charge in [0, 0.05) is 12.2 Å². The molecule has 0 aromatic carbocycles. The average Bonchev–Trinajstić information content (AvgIpc) is 2.82. The highest BCUT2D eigenvalue weighted by Gasteiger charge is 2.39. The van der Waals surface area contributed by atoms with Gasteiger partial charge in [0.2, 0.25) is 0 Å². The van der Waals surface area contributed by atoms with Gasteiger partial charge in [-0.2, -0.15) is 0 Å². The minimum Gasteiger partial charge on any atom is -0.492 e. The lowest BCUT2D eigenvalue weighted by Gasteiger charge is -2.35. The standard InChI is InChI=1S/C18H30N2O/c1-5-10-21-15-11-14(12-19-13-15)17(20-6-2)16-8-7-9-18(16,3)4/h11-13,16-17,20H,5-10H2,1-4H3. The van der Waals surface area contributed by atoms with Crippen LogP contribution < -0.4 is 10.1 Å². The van der Waals surface area contributed by atoms with Crippen molar-refractivity contribution in [1.29, 1.82) is 0 Å². The van der Waals surface area contributed by atoms with Gasteiger partial charge in [-0.15, -0.1) is 0 Å². The molecule has 0 amide bonds. The van der Waals surface area contributed by atoms with Crippen LogP contribution in [0, 0.1) is 11.3 Å². The molecule has 3 heteroatoms. The first-order valence-electron chi connectivity index (χ1n) is 8.39. The van der Waals surface area contributed by atoms with E-state index in [0.29, 0.717) is 17.4 Å². The van der Waals surface area contributed by atoms with E-state index < -0.39 is 0 Å². The Hall–Kier alpha value is -1.09. The molecule has 2 unspecified atom stereocenters. The number of rotatable bonds is 7. The predicted molar refractivity (Wildman–Crippen MR) is 87.6 cm³/mol. The summed E-state index contributed by atoms with van der Waals surface area (Å²) in [6.07, 6.45) is 8.79. The van der Waals surface area contributed by atoms with E-state index in [2.05, 4.69) is 44.1 Å². The number of pyridine rings is 1. The van der Waals surface area contributed by atoms with Gasteiger partial charge in [0.25, 0.3) is 0 Å². The summed E-state index contributed by atoms with van der Waals surface area (Å²) in [5.41, 5.74) is 1.66. The minimum atomic E-state index is 0.380. The molecule has 1 N–H and O–H groups in total. The van der Waals surface area contributed by atoms with Crippen LogP contribution in [0.1, 0.15) is 65.0 Å². The first-order chi connectivity index (χ1) is 10.1. The van der Waals surface area contributed by atoms with Crippen LogP contribution in [0.5, 0.6) is 5.75 Å². The van der Waals surface area contributed by atoms with Crippen LogP contribution in [0.25, 0.3) is 0 Å². The van der Waals surface area contributed by atoms with Gasteiger partial charge in [-0.25, -0.2) is 0 Å². The number of hydrogen-bond acceptors (Lipinski definition) is 3. The van der Waals surface area contributed by atoms with Crippen LogP contribution in [-0.4, -0.2) is 18.1 Å². The Morgan fingerprint density at radius 3 is 2.81 bits per heavy atom. The van der Waals surface area contributed by atoms with E-state index in [1.165, 1.54) is 24.8 Å². The van der Waals surface area contributed by atoms with Crippen molar-refractivity contribution >= 4 is 0 Å². The SMILES string of the molecule is CCCOc1cncc(C(NCC)C2CCCC2(C)C)c1. The van der Waals surface area contributed by atoms with E-state index >= 15 is 0 Å². The smallest absolute Gasteiger partial charge is 0.137 e. The second-order valence-corrected chi connectivity index (χ2v) is 6.83. The third-order valence-corrected chi connectivity index (χ3v) is 4.73. The van der Waals surface area contributed by atoms with Crippen molar-refractivity contribution in [3.63, 3.8) is 0 Å². The normalized spacial score (nSPS) is 22.2. The summed E-state index contributed by atoms with van der Waals surface area (Å²) < 4.78 is 5.75. The minimum absolute atomic E-state index is 0.380. The molecule has 3 nitrogen and oxygen atoms in total. The maximum atomic E-state index is 5.75. The second kappa shape index (κ2) is 7.26. The molecule has 2 atom stereocenters. The summed E-state index contributed by atoms with van der Waals surface area (Å²) in [5, 5.41) is 3.68. The Labute approximate surface area is 129 Å². The van der Waals surface area contributed by atoms with Crippen molar-refractivity contribution in [3.05, 3.63) is 24.0 Å². The number of nitrogens with zero attached hydrogens (tertiary/aromatic N) is 1. The van der Waals surface area contributed by atoms with Gasteiger partial charge in [0.1, 0.15) is 5.75 Å². The summed E-state index contributed by atoms with van der Waals surface area (Å²) >= 11 is 0. The van der Waals surface area contributed by atoms with Crippen LogP contribution in [0.2, 0.25) is 0 Å². The van der Waals surface area contributed by atoms with Crippen molar-refractivity contribution in [2.75, 3.05) is 13.2 Å². The zero-order chi connectivity index (χ0) is 15.3. The molecule has 1 aromatic heterocycles. The number of hydrogen-bond donors (Lipinski definition) is 1. The fraction of sp³-hybridized carbons (Fsp3) is 0.722. The van der Waals surface area contributed by atoms with E-state index in [1.807, 2.05) is 12.4 Å². The fourth-order valence-corrected chi connectivity index (χ4v) is 3.59. The molecule has 1 aliphatic rings. The van der Waals surface area contributed by atoms with Gasteiger partial charge in [-0.1, -0.05) is 34.1 Å². The summed E-state index contributed by atoms with van der Waals surface area (Å²) in [6, 6.07) is 2.55. The van der Waals surface area contributed by atoms with E-state index in [4.69, 9.17) is 4.74 Å². The topological polar surface area (TPSA) is 34.1 Å². The quantitative estimate of drug-likeness (QED) is 0.810. The van der Waals surface area contributed by atoms with E-state index in [1.54, 1.807) is 0 Å². The van der Waals surface area contributed by atoms with Gasteiger partial charge >= 0.3 is 0 Å². The molecular formula is C18H30N2O. The first kappa shape index (κ1) is 16.3. The highest BCUT2D eigenvalue weighted by Crippen LogP contribution is 2.48. The van der Waals surface area contributed by atoms with Crippen LogP contribution in [0.3, 0.4) is 0 Å². The lowest BCUT2D eigenvalue weighted by molar-refractivity contribution is 0.198. The van der Waals surface area contributed by atoms with Crippen LogP contribution in [-0.2, 0) is 0 Å². The Kier molecular flexibility index (Phi) is 5.63. The molecule has 1 aromatic rings. The molecule has 1 heterocycles. The summed E-state index contributed by atoms with van der Waals surface area (Å²) in [6.45, 7) is 10.8. The zero-order valence-electron chi connectivity index (χ0n) is 14.0. The molecule has 1 saturated carbocycles. The summed E-state index contributed by atoms with van der Waals surface area (Å²) in [5.74, 6) is 1.56. The molecule has 118 valence electrons. The van der Waals surface area contributed by atoms with Crippen LogP contribution in [0.15, 0.2) is 18.5 Å². The Bertz CT molecular complexity index is 445. The first-order valence-corrected chi connectivity index (χ1v) is 8.39. The Morgan fingerprint density at radius 1 is 1.38 bits per heavy atom.